The Balaban J connectivity index is 2.72. The summed E-state index contributed by atoms with van der Waals surface area (Å²) < 4.78 is 9.57. The smallest absolute Gasteiger partial charge is 0.355 e. The van der Waals surface area contributed by atoms with Crippen molar-refractivity contribution in [1.29, 1.82) is 5.26 Å². The van der Waals surface area contributed by atoms with E-state index in [2.05, 4.69) is 0 Å². The van der Waals surface area contributed by atoms with E-state index in [0.717, 1.165) is 0 Å². The van der Waals surface area contributed by atoms with Gasteiger partial charge in [0.05, 0.1) is 48.0 Å². The Kier molecular flexibility index (Phi) is 6.45. The summed E-state index contributed by atoms with van der Waals surface area (Å²) in [6, 6.07) is 5.16. The van der Waals surface area contributed by atoms with Crippen molar-refractivity contribution in [2.24, 2.45) is 0 Å². The average molecular weight is 393 g/mol. The lowest BCUT2D eigenvalue weighted by Gasteiger charge is -2.25. The summed E-state index contributed by atoms with van der Waals surface area (Å²) in [5, 5.41) is 9.26. The van der Waals surface area contributed by atoms with Crippen LogP contribution in [-0.4, -0.2) is 26.2 Å². The standard InChI is InChI=1S/C18H14Cl2N2O4/c1-25-17(23)12-5-3-4-8-22(15(12)18(24)26-2)16-13(19)9-11(6-7-21)10-14(16)20/h3-5,8-10H,6H2,1-2H3. The van der Waals surface area contributed by atoms with Gasteiger partial charge in [-0.1, -0.05) is 29.3 Å². The van der Waals surface area contributed by atoms with Crippen molar-refractivity contribution in [3.63, 3.8) is 0 Å². The van der Waals surface area contributed by atoms with E-state index in [1.165, 1.54) is 31.4 Å². The second-order valence-corrected chi connectivity index (χ2v) is 5.87. The van der Waals surface area contributed by atoms with Crippen LogP contribution in [0.3, 0.4) is 0 Å². The zero-order valence-corrected chi connectivity index (χ0v) is 15.5. The molecule has 1 heterocycles. The van der Waals surface area contributed by atoms with E-state index in [0.29, 0.717) is 5.56 Å². The highest BCUT2D eigenvalue weighted by atomic mass is 35.5. The van der Waals surface area contributed by atoms with Gasteiger partial charge in [0.15, 0.2) is 0 Å². The first-order valence-electron chi connectivity index (χ1n) is 7.34. The summed E-state index contributed by atoms with van der Waals surface area (Å²) in [7, 11) is 2.40. The fourth-order valence-electron chi connectivity index (χ4n) is 2.38. The van der Waals surface area contributed by atoms with Crippen LogP contribution in [0.4, 0.5) is 5.69 Å². The summed E-state index contributed by atoms with van der Waals surface area (Å²) in [5.41, 5.74) is 0.788. The molecule has 0 radical (unpaired) electrons. The van der Waals surface area contributed by atoms with Crippen LogP contribution in [0.15, 0.2) is 47.8 Å². The van der Waals surface area contributed by atoms with Gasteiger partial charge in [-0.3, -0.25) is 0 Å². The molecule has 1 aromatic carbocycles. The Labute approximate surface area is 160 Å². The van der Waals surface area contributed by atoms with Crippen molar-refractivity contribution < 1.29 is 19.1 Å². The molecule has 8 heteroatoms. The van der Waals surface area contributed by atoms with E-state index in [-0.39, 0.29) is 33.4 Å². The molecule has 1 aromatic rings. The Hall–Kier alpha value is -2.75. The molecule has 134 valence electrons. The highest BCUT2D eigenvalue weighted by molar-refractivity contribution is 6.39. The van der Waals surface area contributed by atoms with Gasteiger partial charge in [0.25, 0.3) is 0 Å². The lowest BCUT2D eigenvalue weighted by molar-refractivity contribution is -0.139. The number of hydrogen-bond donors (Lipinski definition) is 0. The van der Waals surface area contributed by atoms with Crippen LogP contribution in [0.1, 0.15) is 5.56 Å². The molecule has 0 aliphatic carbocycles. The molecule has 0 amide bonds. The predicted octanol–water partition coefficient (Wildman–Crippen LogP) is 3.55. The van der Waals surface area contributed by atoms with E-state index in [1.54, 1.807) is 24.3 Å². The largest absolute Gasteiger partial charge is 0.465 e. The topological polar surface area (TPSA) is 79.6 Å². The van der Waals surface area contributed by atoms with Gasteiger partial charge in [0, 0.05) is 6.20 Å². The van der Waals surface area contributed by atoms with Crippen LogP contribution in [-0.2, 0) is 25.5 Å². The summed E-state index contributed by atoms with van der Waals surface area (Å²) in [6.45, 7) is 0. The number of hydrogen-bond acceptors (Lipinski definition) is 6. The fourth-order valence-corrected chi connectivity index (χ4v) is 3.09. The highest BCUT2D eigenvalue weighted by Gasteiger charge is 2.29. The Bertz CT molecular complexity index is 859. The maximum Gasteiger partial charge on any atom is 0.355 e. The minimum absolute atomic E-state index is 0.0161. The molecule has 1 aliphatic rings. The summed E-state index contributed by atoms with van der Waals surface area (Å²) in [6.07, 6.45) is 6.26. The average Bonchev–Trinajstić information content (AvgIpc) is 2.83. The van der Waals surface area contributed by atoms with E-state index in [9.17, 15) is 9.59 Å². The van der Waals surface area contributed by atoms with Crippen LogP contribution >= 0.6 is 23.2 Å². The predicted molar refractivity (Wildman–Crippen MR) is 97.6 cm³/mol. The summed E-state index contributed by atoms with van der Waals surface area (Å²) in [5.74, 6) is -1.49. The quantitative estimate of drug-likeness (QED) is 0.728. The molecule has 0 saturated heterocycles. The molecule has 0 saturated carbocycles. The number of anilines is 1. The third-order valence-corrected chi connectivity index (χ3v) is 4.07. The second kappa shape index (κ2) is 8.56. The number of carbonyl (C=O) groups is 2. The van der Waals surface area contributed by atoms with Gasteiger partial charge in [0.2, 0.25) is 0 Å². The Morgan fingerprint density at radius 3 is 2.27 bits per heavy atom. The molecule has 0 N–H and O–H groups in total. The molecule has 2 rings (SSSR count). The Morgan fingerprint density at radius 1 is 1.12 bits per heavy atom. The minimum atomic E-state index is -0.769. The van der Waals surface area contributed by atoms with Crippen molar-refractivity contribution in [2.75, 3.05) is 19.1 Å². The van der Waals surface area contributed by atoms with Gasteiger partial charge < -0.3 is 14.4 Å². The number of halogens is 2. The number of methoxy groups -OCH3 is 2. The van der Waals surface area contributed by atoms with Crippen LogP contribution in [0, 0.1) is 11.3 Å². The van der Waals surface area contributed by atoms with Gasteiger partial charge in [-0.15, -0.1) is 0 Å². The number of benzene rings is 1. The number of nitriles is 1. The van der Waals surface area contributed by atoms with Gasteiger partial charge in [-0.2, -0.15) is 5.26 Å². The molecule has 6 nitrogen and oxygen atoms in total. The zero-order valence-electron chi connectivity index (χ0n) is 14.0. The third kappa shape index (κ3) is 3.90. The second-order valence-electron chi connectivity index (χ2n) is 5.06. The number of rotatable bonds is 4. The number of carbonyl (C=O) groups excluding carboxylic acids is 2. The first-order valence-corrected chi connectivity index (χ1v) is 8.10. The van der Waals surface area contributed by atoms with Crippen molar-refractivity contribution >= 4 is 40.8 Å². The van der Waals surface area contributed by atoms with Crippen LogP contribution in [0.25, 0.3) is 0 Å². The fraction of sp³-hybridized carbons (Fsp3) is 0.167. The lowest BCUT2D eigenvalue weighted by atomic mass is 10.1. The van der Waals surface area contributed by atoms with E-state index >= 15 is 0 Å². The molecule has 0 spiro atoms. The molecule has 1 aliphatic heterocycles. The van der Waals surface area contributed by atoms with Crippen molar-refractivity contribution in [3.05, 3.63) is 63.4 Å². The molecule has 0 atom stereocenters. The Morgan fingerprint density at radius 2 is 1.73 bits per heavy atom. The summed E-state index contributed by atoms with van der Waals surface area (Å²) >= 11 is 12.7. The SMILES string of the molecule is COC(=O)C1=C(C(=O)OC)N(c2c(Cl)cc(CC#N)cc2Cl)C=CC=C1. The minimum Gasteiger partial charge on any atom is -0.465 e. The maximum absolute atomic E-state index is 12.4. The molecule has 26 heavy (non-hydrogen) atoms. The highest BCUT2D eigenvalue weighted by Crippen LogP contribution is 2.39. The van der Waals surface area contributed by atoms with Gasteiger partial charge in [-0.05, 0) is 29.8 Å². The molecular weight excluding hydrogens is 379 g/mol. The normalized spacial score (nSPS) is 13.3. The van der Waals surface area contributed by atoms with Crippen molar-refractivity contribution in [3.8, 4) is 6.07 Å². The maximum atomic E-state index is 12.4. The first kappa shape index (κ1) is 19.6. The molecular formula is C18H14Cl2N2O4. The zero-order chi connectivity index (χ0) is 19.3. The summed E-state index contributed by atoms with van der Waals surface area (Å²) in [4.78, 5) is 25.9. The van der Waals surface area contributed by atoms with E-state index < -0.39 is 11.9 Å². The third-order valence-electron chi connectivity index (χ3n) is 3.49. The molecule has 0 unspecified atom stereocenters. The van der Waals surface area contributed by atoms with Crippen molar-refractivity contribution in [2.45, 2.75) is 6.42 Å². The number of nitrogens with zero attached hydrogens (tertiary/aromatic N) is 2. The van der Waals surface area contributed by atoms with Gasteiger partial charge in [-0.25, -0.2) is 9.59 Å². The van der Waals surface area contributed by atoms with E-state index in [1.807, 2.05) is 6.07 Å². The van der Waals surface area contributed by atoms with Gasteiger partial charge in [0.1, 0.15) is 5.70 Å². The molecule has 0 aromatic heterocycles. The monoisotopic (exact) mass is 392 g/mol. The number of esters is 2. The van der Waals surface area contributed by atoms with Crippen LogP contribution in [0.2, 0.25) is 10.0 Å². The molecule has 0 bridgehead atoms. The number of ether oxygens (including phenoxy) is 2. The lowest BCUT2D eigenvalue weighted by Crippen LogP contribution is -2.27. The van der Waals surface area contributed by atoms with Crippen LogP contribution < -0.4 is 4.90 Å². The van der Waals surface area contributed by atoms with Crippen LogP contribution in [0.5, 0.6) is 0 Å². The number of allylic oxidation sites excluding steroid dienone is 2. The van der Waals surface area contributed by atoms with E-state index in [4.69, 9.17) is 37.9 Å². The molecule has 0 fully saturated rings. The van der Waals surface area contributed by atoms with Crippen molar-refractivity contribution in [1.82, 2.24) is 0 Å². The van der Waals surface area contributed by atoms with Gasteiger partial charge >= 0.3 is 11.9 Å². The first-order chi connectivity index (χ1) is 12.4.